The standard InChI is InChI=1S/C47H63ClF3N8O18P/c1-66-47-53-44(35-26-52-59(45(35)54-47)46-42(62)41(61)39(76-46)30-75-31-78(63,64)65)57(27-32-4-2-3-5-36(32)48)7-10-68-13-16-71-20-21-73-22-23-74-29-34-28-58(56-55-34)8-11-69-14-17-72-19-18-70-15-12-67-9-6-40(60)77-43-37(50)24-33(49)25-38(43)51/h2-5,24-26,28,39,41-42,46,61-62H,6-23,27,29-31H2,1H3,(H2,63,64,65)/t39-,41-,42-,46-/m1/s1. The lowest BCUT2D eigenvalue weighted by Crippen LogP contribution is -2.34. The number of aromatic nitrogens is 7. The predicted octanol–water partition coefficient (Wildman–Crippen LogP) is 2.60. The zero-order chi connectivity index (χ0) is 55.7. The van der Waals surface area contributed by atoms with E-state index >= 15 is 0 Å². The van der Waals surface area contributed by atoms with E-state index in [1.54, 1.807) is 16.9 Å². The number of aliphatic hydroxyl groups is 2. The van der Waals surface area contributed by atoms with Crippen LogP contribution in [-0.4, -0.2) is 205 Å². The Labute approximate surface area is 450 Å². The molecule has 4 atom stereocenters. The lowest BCUT2D eigenvalue weighted by Gasteiger charge is -2.25. The van der Waals surface area contributed by atoms with E-state index in [9.17, 15) is 32.7 Å². The number of fused-ring (bicyclic) bond motifs is 1. The summed E-state index contributed by atoms with van der Waals surface area (Å²) in [6.45, 7) is 5.22. The van der Waals surface area contributed by atoms with Gasteiger partial charge in [-0.05, 0) is 11.6 Å². The van der Waals surface area contributed by atoms with E-state index in [2.05, 4.69) is 30.1 Å². The van der Waals surface area contributed by atoms with Crippen molar-refractivity contribution in [1.82, 2.24) is 34.7 Å². The minimum absolute atomic E-state index is 0.0236. The lowest BCUT2D eigenvalue weighted by molar-refractivity contribution is -0.136. The number of methoxy groups -OCH3 is 1. The first kappa shape index (κ1) is 62.2. The summed E-state index contributed by atoms with van der Waals surface area (Å²) >= 11 is 6.58. The quantitative estimate of drug-likeness (QED) is 0.0190. The zero-order valence-corrected chi connectivity index (χ0v) is 44.2. The van der Waals surface area contributed by atoms with E-state index < -0.39 is 74.3 Å². The van der Waals surface area contributed by atoms with Crippen molar-refractivity contribution in [3.05, 3.63) is 82.5 Å². The fraction of sp³-hybridized carbons (Fsp3) is 0.574. The summed E-state index contributed by atoms with van der Waals surface area (Å²) in [4.78, 5) is 41.1. The molecule has 0 radical (unpaired) electrons. The molecule has 6 rings (SSSR count). The molecule has 3 aromatic heterocycles. The molecule has 1 aliphatic heterocycles. The molecule has 0 unspecified atom stereocenters. The highest BCUT2D eigenvalue weighted by molar-refractivity contribution is 7.51. The number of rotatable bonds is 39. The maximum atomic E-state index is 13.6. The first-order valence-electron chi connectivity index (χ1n) is 24.5. The van der Waals surface area contributed by atoms with Crippen molar-refractivity contribution in [2.45, 2.75) is 50.7 Å². The highest BCUT2D eigenvalue weighted by Gasteiger charge is 2.45. The Hall–Kier alpha value is -5.05. The molecule has 78 heavy (non-hydrogen) atoms. The van der Waals surface area contributed by atoms with Gasteiger partial charge < -0.3 is 81.7 Å². The Kier molecular flexibility index (Phi) is 26.2. The van der Waals surface area contributed by atoms with Crippen molar-refractivity contribution in [2.24, 2.45) is 0 Å². The number of halogens is 4. The number of carbonyl (C=O) groups is 1. The highest BCUT2D eigenvalue weighted by Crippen LogP contribution is 2.37. The maximum absolute atomic E-state index is 13.6. The van der Waals surface area contributed by atoms with Crippen LogP contribution in [0.5, 0.6) is 11.8 Å². The molecule has 0 spiro atoms. The molecule has 0 amide bonds. The van der Waals surface area contributed by atoms with Gasteiger partial charge >= 0.3 is 19.6 Å². The topological polar surface area (TPSA) is 303 Å². The van der Waals surface area contributed by atoms with Crippen molar-refractivity contribution in [2.75, 3.05) is 131 Å². The Bertz CT molecular complexity index is 2620. The molecule has 2 aromatic carbocycles. The van der Waals surface area contributed by atoms with Gasteiger partial charge in [0, 0.05) is 30.2 Å². The van der Waals surface area contributed by atoms with Gasteiger partial charge in [-0.2, -0.15) is 15.1 Å². The number of anilines is 1. The van der Waals surface area contributed by atoms with Crippen LogP contribution in [0.15, 0.2) is 48.8 Å². The zero-order valence-electron chi connectivity index (χ0n) is 42.5. The molecule has 4 N–H and O–H groups in total. The molecule has 0 bridgehead atoms. The Balaban J connectivity index is 0.780. The molecule has 0 saturated carbocycles. The molecule has 26 nitrogen and oxygen atoms in total. The minimum Gasteiger partial charge on any atom is -0.467 e. The summed E-state index contributed by atoms with van der Waals surface area (Å²) in [6.07, 6.45) is -3.24. The van der Waals surface area contributed by atoms with Crippen LogP contribution in [0.25, 0.3) is 11.0 Å². The number of benzene rings is 2. The summed E-state index contributed by atoms with van der Waals surface area (Å²) in [6, 6.07) is 8.14. The smallest absolute Gasteiger partial charge is 0.350 e. The molecule has 0 aliphatic carbocycles. The second kappa shape index (κ2) is 32.9. The third kappa shape index (κ3) is 20.6. The Morgan fingerprint density at radius 2 is 1.40 bits per heavy atom. The number of hydrogen-bond donors (Lipinski definition) is 4. The molecule has 4 heterocycles. The van der Waals surface area contributed by atoms with Crippen LogP contribution in [0.2, 0.25) is 5.02 Å². The van der Waals surface area contributed by atoms with Crippen molar-refractivity contribution in [3.63, 3.8) is 0 Å². The Morgan fingerprint density at radius 3 is 2.03 bits per heavy atom. The van der Waals surface area contributed by atoms with E-state index in [1.807, 2.05) is 23.1 Å². The Morgan fingerprint density at radius 1 is 0.795 bits per heavy atom. The van der Waals surface area contributed by atoms with Gasteiger partial charge in [-0.3, -0.25) is 9.36 Å². The third-order valence-corrected chi connectivity index (χ3v) is 11.9. The molecule has 432 valence electrons. The predicted molar refractivity (Wildman–Crippen MR) is 265 cm³/mol. The number of ether oxygens (including phenoxy) is 12. The number of nitrogens with zero attached hydrogens (tertiary/aromatic N) is 8. The average Bonchev–Trinajstić information content (AvgIpc) is 4.13. The van der Waals surface area contributed by atoms with Crippen LogP contribution in [-0.2, 0) is 76.4 Å². The van der Waals surface area contributed by atoms with E-state index in [0.29, 0.717) is 120 Å². The van der Waals surface area contributed by atoms with Gasteiger partial charge in [0.2, 0.25) is 5.75 Å². The maximum Gasteiger partial charge on any atom is 0.350 e. The first-order chi connectivity index (χ1) is 37.7. The lowest BCUT2D eigenvalue weighted by atomic mass is 10.1. The van der Waals surface area contributed by atoms with E-state index in [0.717, 1.165) is 5.56 Å². The second-order valence-electron chi connectivity index (χ2n) is 16.8. The first-order valence-corrected chi connectivity index (χ1v) is 26.7. The summed E-state index contributed by atoms with van der Waals surface area (Å²) in [5.41, 5.74) is 1.66. The highest BCUT2D eigenvalue weighted by atomic mass is 35.5. The van der Waals surface area contributed by atoms with Crippen LogP contribution < -0.4 is 14.4 Å². The number of aliphatic hydroxyl groups excluding tert-OH is 2. The van der Waals surface area contributed by atoms with Crippen molar-refractivity contribution in [3.8, 4) is 11.8 Å². The molecule has 31 heteroatoms. The van der Waals surface area contributed by atoms with Crippen LogP contribution in [0.4, 0.5) is 19.0 Å². The van der Waals surface area contributed by atoms with Gasteiger partial charge in [0.1, 0.15) is 42.0 Å². The van der Waals surface area contributed by atoms with Crippen molar-refractivity contribution < 1.29 is 99.4 Å². The van der Waals surface area contributed by atoms with Crippen LogP contribution >= 0.6 is 19.2 Å². The molecule has 1 fully saturated rings. The van der Waals surface area contributed by atoms with Gasteiger partial charge in [-0.25, -0.2) is 22.5 Å². The molecule has 1 aliphatic rings. The number of carbonyl (C=O) groups excluding carboxylic acids is 1. The summed E-state index contributed by atoms with van der Waals surface area (Å²) in [7, 11) is -3.08. The summed E-state index contributed by atoms with van der Waals surface area (Å²) in [5, 5.41) is 35.2. The number of esters is 1. The minimum atomic E-state index is -4.48. The third-order valence-electron chi connectivity index (χ3n) is 11.0. The largest absolute Gasteiger partial charge is 0.467 e. The normalized spacial score (nSPS) is 16.6. The van der Waals surface area contributed by atoms with Crippen molar-refractivity contribution in [1.29, 1.82) is 0 Å². The van der Waals surface area contributed by atoms with Gasteiger partial charge in [0.25, 0.3) is 0 Å². The monoisotopic (exact) mass is 1150 g/mol. The van der Waals surface area contributed by atoms with Gasteiger partial charge in [0.15, 0.2) is 23.5 Å². The van der Waals surface area contributed by atoms with Crippen LogP contribution in [0.1, 0.15) is 23.9 Å². The van der Waals surface area contributed by atoms with Gasteiger partial charge in [0.05, 0.1) is 150 Å². The second-order valence-corrected chi connectivity index (χ2v) is 18.8. The molecule has 5 aromatic rings. The summed E-state index contributed by atoms with van der Waals surface area (Å²) < 4.78 is 120. The average molecular weight is 1150 g/mol. The number of hydrogen-bond acceptors (Lipinski definition) is 22. The van der Waals surface area contributed by atoms with Crippen molar-refractivity contribution >= 4 is 42.0 Å². The fourth-order valence-electron chi connectivity index (χ4n) is 7.25. The fourth-order valence-corrected chi connectivity index (χ4v) is 7.79. The van der Waals surface area contributed by atoms with Gasteiger partial charge in [-0.15, -0.1) is 5.10 Å². The van der Waals surface area contributed by atoms with E-state index in [1.165, 1.54) is 18.0 Å². The molecule has 1 saturated heterocycles. The van der Waals surface area contributed by atoms with Crippen LogP contribution in [0, 0.1) is 17.5 Å². The molecular formula is C47H63ClF3N8O18P. The van der Waals surface area contributed by atoms with E-state index in [-0.39, 0.29) is 57.7 Å². The molecular weight excluding hydrogens is 1090 g/mol. The summed E-state index contributed by atoms with van der Waals surface area (Å²) in [5.74, 6) is -5.25. The van der Waals surface area contributed by atoms with Gasteiger partial charge in [-0.1, -0.05) is 35.0 Å². The van der Waals surface area contributed by atoms with Crippen LogP contribution in [0.3, 0.4) is 0 Å². The van der Waals surface area contributed by atoms with E-state index in [4.69, 9.17) is 73.5 Å². The SMILES string of the molecule is COc1nc(N(CCOCCOCCOCCOCc2cn(CCOCCOCCOCCOCCC(=O)Oc3c(F)cc(F)cc3F)nn2)Cc2ccccc2Cl)c2cnn([C@@H]3O[C@H](COCP(=O)(O)O)[C@@H](O)[C@H]3O)c2n1.